The summed E-state index contributed by atoms with van der Waals surface area (Å²) in [6.07, 6.45) is 4.32. The summed E-state index contributed by atoms with van der Waals surface area (Å²) in [4.78, 5) is 26.9. The zero-order valence-electron chi connectivity index (χ0n) is 16.5. The number of carbonyl (C=O) groups is 2. The molecule has 0 radical (unpaired) electrons. The number of benzene rings is 1. The molecule has 28 heavy (non-hydrogen) atoms. The first-order chi connectivity index (χ1) is 13.6. The van der Waals surface area contributed by atoms with Gasteiger partial charge in [0.2, 0.25) is 0 Å². The van der Waals surface area contributed by atoms with Crippen molar-refractivity contribution < 1.29 is 14.3 Å². The van der Waals surface area contributed by atoms with E-state index in [0.717, 1.165) is 37.2 Å². The number of hydrogen-bond acceptors (Lipinski definition) is 4. The highest BCUT2D eigenvalue weighted by Crippen LogP contribution is 2.24. The lowest BCUT2D eigenvalue weighted by atomic mass is 10.1. The molecule has 150 valence electrons. The van der Waals surface area contributed by atoms with Crippen LogP contribution in [-0.2, 0) is 23.2 Å². The quantitative estimate of drug-likeness (QED) is 0.711. The van der Waals surface area contributed by atoms with Gasteiger partial charge in [0.15, 0.2) is 0 Å². The van der Waals surface area contributed by atoms with E-state index in [4.69, 9.17) is 4.74 Å². The Morgan fingerprint density at radius 1 is 1.07 bits per heavy atom. The van der Waals surface area contributed by atoms with Crippen molar-refractivity contribution >= 4 is 11.8 Å². The maximum atomic E-state index is 12.3. The van der Waals surface area contributed by atoms with Gasteiger partial charge in [-0.15, -0.1) is 0 Å². The van der Waals surface area contributed by atoms with Crippen molar-refractivity contribution in [3.8, 4) is 5.75 Å². The minimum atomic E-state index is -0.641. The molecule has 2 N–H and O–H groups in total. The number of nitrogens with zero attached hydrogens (tertiary/aromatic N) is 2. The topological polar surface area (TPSA) is 75.6 Å². The first-order valence-electron chi connectivity index (χ1n) is 9.63. The SMILES string of the molecule is COc1ccccc1CNC(=O)C(=O)NCC(c1cccn1C)N1CCCC1. The standard InChI is InChI=1S/C21H28N4O3/c1-24-11-7-9-17(24)18(25-12-5-6-13-25)15-23-21(27)20(26)22-14-16-8-3-4-10-19(16)28-2/h3-4,7-11,18H,5-6,12-15H2,1-2H3,(H,22,26)(H,23,27). The number of likely N-dealkylation sites (tertiary alicyclic amines) is 1. The second kappa shape index (κ2) is 9.41. The number of para-hydroxylation sites is 1. The molecule has 2 heterocycles. The summed E-state index contributed by atoms with van der Waals surface area (Å²) >= 11 is 0. The average Bonchev–Trinajstić information content (AvgIpc) is 3.39. The van der Waals surface area contributed by atoms with Crippen LogP contribution in [0.4, 0.5) is 0 Å². The number of hydrogen-bond donors (Lipinski definition) is 2. The first-order valence-corrected chi connectivity index (χ1v) is 9.63. The molecule has 0 spiro atoms. The maximum absolute atomic E-state index is 12.3. The molecule has 0 bridgehead atoms. The molecule has 1 aromatic carbocycles. The summed E-state index contributed by atoms with van der Waals surface area (Å²) in [5.41, 5.74) is 1.96. The van der Waals surface area contributed by atoms with Crippen molar-refractivity contribution in [2.75, 3.05) is 26.7 Å². The number of methoxy groups -OCH3 is 1. The zero-order valence-corrected chi connectivity index (χ0v) is 16.5. The molecule has 7 heteroatoms. The Hall–Kier alpha value is -2.80. The number of ether oxygens (including phenoxy) is 1. The van der Waals surface area contributed by atoms with Crippen molar-refractivity contribution in [1.82, 2.24) is 20.1 Å². The van der Waals surface area contributed by atoms with Gasteiger partial charge in [0, 0.05) is 37.6 Å². The molecule has 1 saturated heterocycles. The minimum Gasteiger partial charge on any atom is -0.496 e. The Morgan fingerprint density at radius 3 is 2.46 bits per heavy atom. The van der Waals surface area contributed by atoms with E-state index in [1.54, 1.807) is 7.11 Å². The fraction of sp³-hybridized carbons (Fsp3) is 0.429. The lowest BCUT2D eigenvalue weighted by Crippen LogP contribution is -2.44. The highest BCUT2D eigenvalue weighted by molar-refractivity contribution is 6.35. The van der Waals surface area contributed by atoms with Crippen LogP contribution in [0.1, 0.15) is 30.1 Å². The van der Waals surface area contributed by atoms with E-state index in [2.05, 4.69) is 26.2 Å². The van der Waals surface area contributed by atoms with Gasteiger partial charge in [0.25, 0.3) is 0 Å². The van der Waals surface area contributed by atoms with Crippen LogP contribution in [-0.4, -0.2) is 48.0 Å². The molecule has 7 nitrogen and oxygen atoms in total. The highest BCUT2D eigenvalue weighted by Gasteiger charge is 2.26. The van der Waals surface area contributed by atoms with Gasteiger partial charge in [0.05, 0.1) is 13.2 Å². The van der Waals surface area contributed by atoms with Crippen molar-refractivity contribution in [1.29, 1.82) is 0 Å². The Morgan fingerprint density at radius 2 is 1.79 bits per heavy atom. The van der Waals surface area contributed by atoms with Gasteiger partial charge in [-0.2, -0.15) is 0 Å². The van der Waals surface area contributed by atoms with Gasteiger partial charge in [-0.3, -0.25) is 14.5 Å². The Kier molecular flexibility index (Phi) is 6.71. The third-order valence-corrected chi connectivity index (χ3v) is 5.20. The predicted molar refractivity (Wildman–Crippen MR) is 107 cm³/mol. The predicted octanol–water partition coefficient (Wildman–Crippen LogP) is 1.60. The van der Waals surface area contributed by atoms with E-state index in [1.807, 2.05) is 43.6 Å². The molecule has 0 saturated carbocycles. The van der Waals surface area contributed by atoms with Crippen LogP contribution in [0.2, 0.25) is 0 Å². The van der Waals surface area contributed by atoms with Crippen molar-refractivity contribution in [2.45, 2.75) is 25.4 Å². The van der Waals surface area contributed by atoms with Gasteiger partial charge >= 0.3 is 11.8 Å². The zero-order chi connectivity index (χ0) is 19.9. The van der Waals surface area contributed by atoms with E-state index in [1.165, 1.54) is 0 Å². The van der Waals surface area contributed by atoms with Crippen LogP contribution in [0.25, 0.3) is 0 Å². The third-order valence-electron chi connectivity index (χ3n) is 5.20. The summed E-state index contributed by atoms with van der Waals surface area (Å²) in [7, 11) is 3.58. The number of nitrogens with one attached hydrogen (secondary N) is 2. The van der Waals surface area contributed by atoms with E-state index in [9.17, 15) is 9.59 Å². The van der Waals surface area contributed by atoms with Gasteiger partial charge in [-0.05, 0) is 44.1 Å². The van der Waals surface area contributed by atoms with Crippen LogP contribution >= 0.6 is 0 Å². The Labute approximate surface area is 165 Å². The number of rotatable bonds is 7. The van der Waals surface area contributed by atoms with E-state index >= 15 is 0 Å². The largest absolute Gasteiger partial charge is 0.496 e. The van der Waals surface area contributed by atoms with Gasteiger partial charge in [0.1, 0.15) is 5.75 Å². The summed E-state index contributed by atoms with van der Waals surface area (Å²) in [5.74, 6) is -0.577. The Bertz CT molecular complexity index is 811. The molecule has 3 rings (SSSR count). The molecule has 1 aromatic heterocycles. The van der Waals surface area contributed by atoms with Crippen LogP contribution in [0.15, 0.2) is 42.6 Å². The highest BCUT2D eigenvalue weighted by atomic mass is 16.5. The maximum Gasteiger partial charge on any atom is 0.309 e. The van der Waals surface area contributed by atoms with Crippen LogP contribution in [0.5, 0.6) is 5.75 Å². The van der Waals surface area contributed by atoms with Crippen molar-refractivity contribution in [3.05, 3.63) is 53.9 Å². The molecule has 2 amide bonds. The monoisotopic (exact) mass is 384 g/mol. The summed E-state index contributed by atoms with van der Waals surface area (Å²) < 4.78 is 7.33. The average molecular weight is 384 g/mol. The third kappa shape index (κ3) is 4.72. The smallest absolute Gasteiger partial charge is 0.309 e. The second-order valence-electron chi connectivity index (χ2n) is 7.01. The van der Waals surface area contributed by atoms with E-state index in [-0.39, 0.29) is 12.6 Å². The van der Waals surface area contributed by atoms with Gasteiger partial charge < -0.3 is 19.9 Å². The first kappa shape index (κ1) is 19.9. The summed E-state index contributed by atoms with van der Waals surface area (Å²) in [6, 6.07) is 11.5. The molecule has 1 aliphatic heterocycles. The van der Waals surface area contributed by atoms with Crippen molar-refractivity contribution in [2.24, 2.45) is 7.05 Å². The Balaban J connectivity index is 1.56. The molecular formula is C21H28N4O3. The molecule has 1 unspecified atom stereocenters. The molecule has 0 aliphatic carbocycles. The molecule has 1 atom stereocenters. The molecule has 1 fully saturated rings. The summed E-state index contributed by atoms with van der Waals surface area (Å²) in [5, 5.41) is 5.47. The normalized spacial score (nSPS) is 15.2. The van der Waals surface area contributed by atoms with E-state index < -0.39 is 11.8 Å². The van der Waals surface area contributed by atoms with Crippen LogP contribution < -0.4 is 15.4 Å². The fourth-order valence-electron chi connectivity index (χ4n) is 3.67. The van der Waals surface area contributed by atoms with Crippen molar-refractivity contribution in [3.63, 3.8) is 0 Å². The lowest BCUT2D eigenvalue weighted by molar-refractivity contribution is -0.139. The summed E-state index contributed by atoms with van der Waals surface area (Å²) in [6.45, 7) is 2.65. The van der Waals surface area contributed by atoms with Gasteiger partial charge in [-0.1, -0.05) is 18.2 Å². The molecular weight excluding hydrogens is 356 g/mol. The number of amides is 2. The molecule has 2 aromatic rings. The van der Waals surface area contributed by atoms with Crippen LogP contribution in [0, 0.1) is 0 Å². The fourth-order valence-corrected chi connectivity index (χ4v) is 3.67. The molecule has 1 aliphatic rings. The number of carbonyl (C=O) groups excluding carboxylic acids is 2. The number of aromatic nitrogens is 1. The van der Waals surface area contributed by atoms with E-state index in [0.29, 0.717) is 12.3 Å². The minimum absolute atomic E-state index is 0.0634. The van der Waals surface area contributed by atoms with Gasteiger partial charge in [-0.25, -0.2) is 0 Å². The van der Waals surface area contributed by atoms with Crippen LogP contribution in [0.3, 0.4) is 0 Å². The number of aryl methyl sites for hydroxylation is 1. The lowest BCUT2D eigenvalue weighted by Gasteiger charge is -2.28. The second-order valence-corrected chi connectivity index (χ2v) is 7.01.